The molecular weight excluding hydrogens is 252 g/mol. The largest absolute Gasteiger partial charge is 0.493 e. The molecule has 5 nitrogen and oxygen atoms in total. The van der Waals surface area contributed by atoms with E-state index >= 15 is 0 Å². The van der Waals surface area contributed by atoms with Gasteiger partial charge in [-0.2, -0.15) is 0 Å². The lowest BCUT2D eigenvalue weighted by Crippen LogP contribution is -2.17. The summed E-state index contributed by atoms with van der Waals surface area (Å²) in [6, 6.07) is 9.93. The van der Waals surface area contributed by atoms with Gasteiger partial charge in [-0.05, 0) is 18.6 Å². The lowest BCUT2D eigenvalue weighted by Gasteiger charge is -2.24. The fraction of sp³-hybridized carbons (Fsp3) is 0.200. The van der Waals surface area contributed by atoms with Gasteiger partial charge in [0.2, 0.25) is 0 Å². The molecule has 2 aromatic heterocycles. The molecule has 0 amide bonds. The second-order valence-corrected chi connectivity index (χ2v) is 4.93. The summed E-state index contributed by atoms with van der Waals surface area (Å²) >= 11 is 0. The van der Waals surface area contributed by atoms with Crippen molar-refractivity contribution in [2.45, 2.75) is 12.3 Å². The molecule has 5 heteroatoms. The Kier molecular flexibility index (Phi) is 2.39. The number of H-pyrrole nitrogens is 1. The number of nitrogens with one attached hydrogen (secondary N) is 1. The lowest BCUT2D eigenvalue weighted by molar-refractivity contribution is 0.274. The van der Waals surface area contributed by atoms with Crippen LogP contribution in [0.25, 0.3) is 11.0 Å². The van der Waals surface area contributed by atoms with Gasteiger partial charge in [-0.3, -0.25) is 0 Å². The summed E-state index contributed by atoms with van der Waals surface area (Å²) in [5.41, 5.74) is 7.94. The van der Waals surface area contributed by atoms with Gasteiger partial charge in [0.05, 0.1) is 17.9 Å². The van der Waals surface area contributed by atoms with Crippen LogP contribution in [0, 0.1) is 0 Å². The molecule has 100 valence electrons. The molecule has 3 aromatic rings. The Morgan fingerprint density at radius 2 is 2.10 bits per heavy atom. The molecule has 1 aromatic carbocycles. The molecular formula is C15H14N4O. The molecule has 0 saturated carbocycles. The van der Waals surface area contributed by atoms with Crippen LogP contribution >= 0.6 is 0 Å². The van der Waals surface area contributed by atoms with E-state index < -0.39 is 0 Å². The highest BCUT2D eigenvalue weighted by Gasteiger charge is 2.25. The van der Waals surface area contributed by atoms with E-state index in [9.17, 15) is 0 Å². The quantitative estimate of drug-likeness (QED) is 0.709. The summed E-state index contributed by atoms with van der Waals surface area (Å²) in [6.07, 6.45) is 2.69. The maximum absolute atomic E-state index is 6.03. The number of nitrogens with zero attached hydrogens (tertiary/aromatic N) is 2. The molecule has 0 fully saturated rings. The fourth-order valence-electron chi connectivity index (χ4n) is 2.75. The first kappa shape index (κ1) is 11.3. The van der Waals surface area contributed by atoms with Crippen LogP contribution in [-0.2, 0) is 0 Å². The highest BCUT2D eigenvalue weighted by Crippen LogP contribution is 2.37. The van der Waals surface area contributed by atoms with Crippen molar-refractivity contribution in [2.24, 2.45) is 0 Å². The molecule has 1 unspecified atom stereocenters. The zero-order valence-electron chi connectivity index (χ0n) is 10.8. The predicted octanol–water partition coefficient (Wildman–Crippen LogP) is 2.45. The SMILES string of the molecule is Nc1nc(C2CCOc3ccccc32)nc2[nH]ccc12. The maximum atomic E-state index is 6.03. The van der Waals surface area contributed by atoms with Crippen molar-refractivity contribution in [3.63, 3.8) is 0 Å². The number of aromatic amines is 1. The average molecular weight is 266 g/mol. The highest BCUT2D eigenvalue weighted by atomic mass is 16.5. The molecule has 1 aliphatic rings. The van der Waals surface area contributed by atoms with Crippen LogP contribution in [-0.4, -0.2) is 21.6 Å². The summed E-state index contributed by atoms with van der Waals surface area (Å²) in [5.74, 6) is 2.33. The summed E-state index contributed by atoms with van der Waals surface area (Å²) in [7, 11) is 0. The van der Waals surface area contributed by atoms with Gasteiger partial charge < -0.3 is 15.5 Å². The minimum absolute atomic E-state index is 0.134. The third-order valence-corrected chi connectivity index (χ3v) is 3.73. The van der Waals surface area contributed by atoms with Gasteiger partial charge in [0.1, 0.15) is 23.0 Å². The zero-order chi connectivity index (χ0) is 13.5. The van der Waals surface area contributed by atoms with E-state index in [-0.39, 0.29) is 5.92 Å². The zero-order valence-corrected chi connectivity index (χ0v) is 10.8. The molecule has 0 radical (unpaired) electrons. The Hall–Kier alpha value is -2.56. The molecule has 1 aliphatic heterocycles. The summed E-state index contributed by atoms with van der Waals surface area (Å²) in [5, 5.41) is 0.870. The Morgan fingerprint density at radius 3 is 3.05 bits per heavy atom. The van der Waals surface area contributed by atoms with Crippen molar-refractivity contribution >= 4 is 16.9 Å². The van der Waals surface area contributed by atoms with Crippen LogP contribution in [0.15, 0.2) is 36.5 Å². The van der Waals surface area contributed by atoms with E-state index in [2.05, 4.69) is 21.0 Å². The molecule has 20 heavy (non-hydrogen) atoms. The number of rotatable bonds is 1. The van der Waals surface area contributed by atoms with Crippen molar-refractivity contribution in [3.05, 3.63) is 47.9 Å². The third kappa shape index (κ3) is 1.63. The van der Waals surface area contributed by atoms with E-state index in [1.54, 1.807) is 0 Å². The Balaban J connectivity index is 1.87. The second-order valence-electron chi connectivity index (χ2n) is 4.93. The Morgan fingerprint density at radius 1 is 1.20 bits per heavy atom. The monoisotopic (exact) mass is 266 g/mol. The number of nitrogens with two attached hydrogens (primary N) is 1. The highest BCUT2D eigenvalue weighted by molar-refractivity contribution is 5.85. The van der Waals surface area contributed by atoms with Crippen molar-refractivity contribution in [2.75, 3.05) is 12.3 Å². The van der Waals surface area contributed by atoms with E-state index in [0.717, 1.165) is 34.6 Å². The number of para-hydroxylation sites is 1. The third-order valence-electron chi connectivity index (χ3n) is 3.73. The smallest absolute Gasteiger partial charge is 0.143 e. The Labute approximate surface area is 115 Å². The standard InChI is InChI=1S/C15H14N4O/c16-13-11-5-7-17-14(11)19-15(18-13)10-6-8-20-12-4-2-1-3-9(10)12/h1-5,7,10H,6,8H2,(H3,16,17,18,19). The molecule has 0 saturated heterocycles. The van der Waals surface area contributed by atoms with Crippen molar-refractivity contribution in [1.29, 1.82) is 0 Å². The van der Waals surface area contributed by atoms with Crippen molar-refractivity contribution in [1.82, 2.24) is 15.0 Å². The van der Waals surface area contributed by atoms with Gasteiger partial charge in [-0.15, -0.1) is 0 Å². The van der Waals surface area contributed by atoms with Gasteiger partial charge in [0.25, 0.3) is 0 Å². The molecule has 0 bridgehead atoms. The normalized spacial score (nSPS) is 17.7. The van der Waals surface area contributed by atoms with E-state index in [1.165, 1.54) is 0 Å². The first-order valence-corrected chi connectivity index (χ1v) is 6.65. The van der Waals surface area contributed by atoms with Crippen LogP contribution in [0.3, 0.4) is 0 Å². The van der Waals surface area contributed by atoms with Crippen LogP contribution < -0.4 is 10.5 Å². The molecule has 3 heterocycles. The number of hydrogen-bond donors (Lipinski definition) is 2. The second kappa shape index (κ2) is 4.23. The fourth-order valence-corrected chi connectivity index (χ4v) is 2.75. The summed E-state index contributed by atoms with van der Waals surface area (Å²) in [6.45, 7) is 0.674. The van der Waals surface area contributed by atoms with Crippen LogP contribution in [0.1, 0.15) is 23.7 Å². The first-order chi connectivity index (χ1) is 9.83. The molecule has 0 aliphatic carbocycles. The summed E-state index contributed by atoms with van der Waals surface area (Å²) in [4.78, 5) is 12.2. The average Bonchev–Trinajstić information content (AvgIpc) is 2.95. The molecule has 0 spiro atoms. The van der Waals surface area contributed by atoms with Gasteiger partial charge in [-0.1, -0.05) is 18.2 Å². The predicted molar refractivity (Wildman–Crippen MR) is 76.7 cm³/mol. The van der Waals surface area contributed by atoms with Gasteiger partial charge >= 0.3 is 0 Å². The number of hydrogen-bond acceptors (Lipinski definition) is 4. The van der Waals surface area contributed by atoms with E-state index in [0.29, 0.717) is 12.4 Å². The minimum Gasteiger partial charge on any atom is -0.493 e. The van der Waals surface area contributed by atoms with Crippen molar-refractivity contribution in [3.8, 4) is 5.75 Å². The van der Waals surface area contributed by atoms with Gasteiger partial charge in [0, 0.05) is 11.8 Å². The molecule has 1 atom stereocenters. The molecule has 4 rings (SSSR count). The maximum Gasteiger partial charge on any atom is 0.143 e. The molecule has 3 N–H and O–H groups in total. The number of nitrogen functional groups attached to an aromatic ring is 1. The van der Waals surface area contributed by atoms with Gasteiger partial charge in [0.15, 0.2) is 0 Å². The first-order valence-electron chi connectivity index (χ1n) is 6.65. The van der Waals surface area contributed by atoms with Crippen molar-refractivity contribution < 1.29 is 4.74 Å². The van der Waals surface area contributed by atoms with Crippen LogP contribution in [0.4, 0.5) is 5.82 Å². The van der Waals surface area contributed by atoms with E-state index in [1.807, 2.05) is 30.5 Å². The topological polar surface area (TPSA) is 76.8 Å². The lowest BCUT2D eigenvalue weighted by atomic mass is 9.92. The van der Waals surface area contributed by atoms with Gasteiger partial charge in [-0.25, -0.2) is 9.97 Å². The van der Waals surface area contributed by atoms with Crippen LogP contribution in [0.5, 0.6) is 5.75 Å². The summed E-state index contributed by atoms with van der Waals surface area (Å²) < 4.78 is 5.68. The number of anilines is 1. The van der Waals surface area contributed by atoms with E-state index in [4.69, 9.17) is 10.5 Å². The minimum atomic E-state index is 0.134. The Bertz CT molecular complexity index is 780. The number of aromatic nitrogens is 3. The number of fused-ring (bicyclic) bond motifs is 2. The number of ether oxygens (including phenoxy) is 1. The van der Waals surface area contributed by atoms with Crippen LogP contribution in [0.2, 0.25) is 0 Å². The number of benzene rings is 1.